The van der Waals surface area contributed by atoms with E-state index < -0.39 is 5.97 Å². The summed E-state index contributed by atoms with van der Waals surface area (Å²) in [6.45, 7) is 6.38. The van der Waals surface area contributed by atoms with Crippen LogP contribution in [0.3, 0.4) is 0 Å². The molecule has 0 radical (unpaired) electrons. The van der Waals surface area contributed by atoms with E-state index in [4.69, 9.17) is 9.47 Å². The van der Waals surface area contributed by atoms with Gasteiger partial charge in [-0.25, -0.2) is 9.78 Å². The minimum absolute atomic E-state index is 0.153. The fourth-order valence-corrected chi connectivity index (χ4v) is 2.49. The predicted octanol–water partition coefficient (Wildman–Crippen LogP) is 1.73. The van der Waals surface area contributed by atoms with Gasteiger partial charge in [-0.2, -0.15) is 4.98 Å². The minimum Gasteiger partial charge on any atom is -0.466 e. The quantitative estimate of drug-likeness (QED) is 0.707. The number of carbonyl (C=O) groups excluding carboxylic acids is 1. The summed E-state index contributed by atoms with van der Waals surface area (Å²) in [5.74, 6) is 1.40. The van der Waals surface area contributed by atoms with Gasteiger partial charge in [0.15, 0.2) is 6.61 Å². The summed E-state index contributed by atoms with van der Waals surface area (Å²) in [6.07, 6.45) is 3.36. The van der Waals surface area contributed by atoms with Gasteiger partial charge in [0.25, 0.3) is 0 Å². The van der Waals surface area contributed by atoms with Gasteiger partial charge < -0.3 is 19.1 Å². The third-order valence-corrected chi connectivity index (χ3v) is 3.69. The molecule has 1 aliphatic rings. The highest BCUT2D eigenvalue weighted by Crippen LogP contribution is 2.22. The highest BCUT2D eigenvalue weighted by Gasteiger charge is 2.21. The summed E-state index contributed by atoms with van der Waals surface area (Å²) in [6, 6.07) is 1.77. The Morgan fingerprint density at radius 1 is 1.35 bits per heavy atom. The molecule has 0 saturated carbocycles. The first-order valence-electron chi connectivity index (χ1n) is 8.04. The Morgan fingerprint density at radius 2 is 2.09 bits per heavy atom. The zero-order valence-corrected chi connectivity index (χ0v) is 14.1. The predicted molar refractivity (Wildman–Crippen MR) is 85.8 cm³/mol. The van der Waals surface area contributed by atoms with E-state index in [1.807, 2.05) is 6.92 Å². The van der Waals surface area contributed by atoms with Crippen LogP contribution in [-0.4, -0.2) is 55.5 Å². The maximum absolute atomic E-state index is 11.2. The maximum atomic E-state index is 11.2. The molecular weight excluding hydrogens is 298 g/mol. The van der Waals surface area contributed by atoms with E-state index >= 15 is 0 Å². The Morgan fingerprint density at radius 3 is 2.74 bits per heavy atom. The molecule has 1 fully saturated rings. The lowest BCUT2D eigenvalue weighted by Crippen LogP contribution is -2.37. The molecule has 1 aromatic heterocycles. The molecule has 0 spiro atoms. The second-order valence-corrected chi connectivity index (χ2v) is 5.53. The third kappa shape index (κ3) is 5.35. The van der Waals surface area contributed by atoms with Crippen LogP contribution >= 0.6 is 0 Å². The number of esters is 1. The minimum atomic E-state index is -0.434. The van der Waals surface area contributed by atoms with E-state index in [0.717, 1.165) is 44.8 Å². The standard InChI is InChI=1S/C16H25N3O4/c1-4-9-22-13-5-7-19(8-6-13)14-10-15(18-12(2)17-14)23-11-16(20)21-3/h10,13H,4-9,11H2,1-3H3. The van der Waals surface area contributed by atoms with Gasteiger partial charge in [0, 0.05) is 25.8 Å². The molecule has 0 amide bonds. The SMILES string of the molecule is CCCOC1CCN(c2cc(OCC(=O)OC)nc(C)n2)CC1. The number of hydrogen-bond donors (Lipinski definition) is 0. The summed E-state index contributed by atoms with van der Waals surface area (Å²) in [5, 5.41) is 0. The van der Waals surface area contributed by atoms with Crippen molar-refractivity contribution in [2.45, 2.75) is 39.2 Å². The van der Waals surface area contributed by atoms with Crippen LogP contribution in [0.1, 0.15) is 32.0 Å². The number of nitrogens with zero attached hydrogens (tertiary/aromatic N) is 3. The first-order valence-corrected chi connectivity index (χ1v) is 8.04. The van der Waals surface area contributed by atoms with Crippen molar-refractivity contribution < 1.29 is 19.0 Å². The molecule has 0 N–H and O–H groups in total. The lowest BCUT2D eigenvalue weighted by Gasteiger charge is -2.32. The van der Waals surface area contributed by atoms with Gasteiger partial charge in [-0.15, -0.1) is 0 Å². The van der Waals surface area contributed by atoms with Crippen LogP contribution in [0.15, 0.2) is 6.07 Å². The Kier molecular flexibility index (Phi) is 6.58. The van der Waals surface area contributed by atoms with Gasteiger partial charge in [0.05, 0.1) is 13.2 Å². The Bertz CT molecular complexity index is 516. The van der Waals surface area contributed by atoms with Crippen LogP contribution in [0.2, 0.25) is 0 Å². The summed E-state index contributed by atoms with van der Waals surface area (Å²) >= 11 is 0. The second-order valence-electron chi connectivity index (χ2n) is 5.53. The lowest BCUT2D eigenvalue weighted by atomic mass is 10.1. The second kappa shape index (κ2) is 8.67. The van der Waals surface area contributed by atoms with Gasteiger partial charge in [0.1, 0.15) is 11.6 Å². The first-order chi connectivity index (χ1) is 11.1. The summed E-state index contributed by atoms with van der Waals surface area (Å²) in [5.41, 5.74) is 0. The van der Waals surface area contributed by atoms with E-state index in [9.17, 15) is 4.79 Å². The average Bonchev–Trinajstić information content (AvgIpc) is 2.57. The van der Waals surface area contributed by atoms with Crippen molar-refractivity contribution in [2.75, 3.05) is 38.3 Å². The molecule has 0 unspecified atom stereocenters. The van der Waals surface area contributed by atoms with Gasteiger partial charge in [-0.3, -0.25) is 0 Å². The maximum Gasteiger partial charge on any atom is 0.343 e. The molecule has 2 heterocycles. The van der Waals surface area contributed by atoms with Crippen molar-refractivity contribution in [2.24, 2.45) is 0 Å². The first kappa shape index (κ1) is 17.5. The normalized spacial score (nSPS) is 15.5. The van der Waals surface area contributed by atoms with Gasteiger partial charge in [-0.05, 0) is 26.2 Å². The molecule has 1 aliphatic heterocycles. The van der Waals surface area contributed by atoms with Crippen molar-refractivity contribution in [3.63, 3.8) is 0 Å². The number of ether oxygens (including phenoxy) is 3. The smallest absolute Gasteiger partial charge is 0.343 e. The molecule has 0 aliphatic carbocycles. The Hall–Kier alpha value is -1.89. The molecular formula is C16H25N3O4. The average molecular weight is 323 g/mol. The largest absolute Gasteiger partial charge is 0.466 e. The Labute approximate surface area is 137 Å². The lowest BCUT2D eigenvalue weighted by molar-refractivity contribution is -0.143. The number of methoxy groups -OCH3 is 1. The molecule has 23 heavy (non-hydrogen) atoms. The van der Waals surface area contributed by atoms with Crippen molar-refractivity contribution in [1.82, 2.24) is 9.97 Å². The highest BCUT2D eigenvalue weighted by molar-refractivity contribution is 5.70. The van der Waals surface area contributed by atoms with E-state index in [0.29, 0.717) is 17.8 Å². The van der Waals surface area contributed by atoms with Crippen LogP contribution < -0.4 is 9.64 Å². The summed E-state index contributed by atoms with van der Waals surface area (Å²) < 4.78 is 15.7. The van der Waals surface area contributed by atoms with Gasteiger partial charge >= 0.3 is 5.97 Å². The van der Waals surface area contributed by atoms with E-state index in [1.165, 1.54) is 7.11 Å². The Balaban J connectivity index is 1.95. The monoisotopic (exact) mass is 323 g/mol. The zero-order chi connectivity index (χ0) is 16.7. The molecule has 0 bridgehead atoms. The number of aromatic nitrogens is 2. The van der Waals surface area contributed by atoms with Gasteiger partial charge in [-0.1, -0.05) is 6.92 Å². The van der Waals surface area contributed by atoms with Crippen molar-refractivity contribution in [3.05, 3.63) is 11.9 Å². The topological polar surface area (TPSA) is 73.8 Å². The van der Waals surface area contributed by atoms with Crippen LogP contribution in [0.5, 0.6) is 5.88 Å². The van der Waals surface area contributed by atoms with Crippen LogP contribution in [0, 0.1) is 6.92 Å². The molecule has 1 aromatic rings. The molecule has 0 aromatic carbocycles. The number of aryl methyl sites for hydroxylation is 1. The number of rotatable bonds is 7. The molecule has 1 saturated heterocycles. The van der Waals surface area contributed by atoms with Crippen molar-refractivity contribution >= 4 is 11.8 Å². The third-order valence-electron chi connectivity index (χ3n) is 3.69. The molecule has 0 atom stereocenters. The summed E-state index contributed by atoms with van der Waals surface area (Å²) in [4.78, 5) is 22.0. The molecule has 7 nitrogen and oxygen atoms in total. The number of carbonyl (C=O) groups is 1. The van der Waals surface area contributed by atoms with E-state index in [-0.39, 0.29) is 6.61 Å². The van der Waals surface area contributed by atoms with Crippen molar-refractivity contribution in [3.8, 4) is 5.88 Å². The van der Waals surface area contributed by atoms with E-state index in [1.54, 1.807) is 6.07 Å². The van der Waals surface area contributed by atoms with Crippen LogP contribution in [-0.2, 0) is 14.3 Å². The summed E-state index contributed by atoms with van der Waals surface area (Å²) in [7, 11) is 1.33. The number of hydrogen-bond acceptors (Lipinski definition) is 7. The molecule has 7 heteroatoms. The van der Waals surface area contributed by atoms with Crippen LogP contribution in [0.25, 0.3) is 0 Å². The molecule has 128 valence electrons. The molecule has 2 rings (SSSR count). The van der Waals surface area contributed by atoms with E-state index in [2.05, 4.69) is 26.5 Å². The number of piperidine rings is 1. The fourth-order valence-electron chi connectivity index (χ4n) is 2.49. The zero-order valence-electron chi connectivity index (χ0n) is 14.1. The fraction of sp³-hybridized carbons (Fsp3) is 0.688. The highest BCUT2D eigenvalue weighted by atomic mass is 16.6. The van der Waals surface area contributed by atoms with Crippen LogP contribution in [0.4, 0.5) is 5.82 Å². The van der Waals surface area contributed by atoms with Crippen molar-refractivity contribution in [1.29, 1.82) is 0 Å². The number of anilines is 1. The van der Waals surface area contributed by atoms with Gasteiger partial charge in [0.2, 0.25) is 5.88 Å².